The highest BCUT2D eigenvalue weighted by molar-refractivity contribution is 8.15. The summed E-state index contributed by atoms with van der Waals surface area (Å²) in [5.74, 6) is -1.30. The number of anilines is 1. The monoisotopic (exact) mass is 237 g/mol. The van der Waals surface area contributed by atoms with Gasteiger partial charge in [-0.3, -0.25) is 9.59 Å². The molecule has 1 aromatic carbocycles. The van der Waals surface area contributed by atoms with Crippen molar-refractivity contribution in [3.63, 3.8) is 0 Å². The summed E-state index contributed by atoms with van der Waals surface area (Å²) in [6.45, 7) is 0. The lowest BCUT2D eigenvalue weighted by Gasteiger charge is -2.12. The van der Waals surface area contributed by atoms with Crippen LogP contribution in [0, 0.1) is 0 Å². The first-order chi connectivity index (χ1) is 7.59. The number of amides is 2. The topological polar surface area (TPSA) is 74.7 Å². The van der Waals surface area contributed by atoms with Crippen molar-refractivity contribution in [2.45, 2.75) is 0 Å². The lowest BCUT2D eigenvalue weighted by molar-refractivity contribution is -0.115. The van der Waals surface area contributed by atoms with Gasteiger partial charge in [0.2, 0.25) is 5.91 Å². The first-order valence-corrected chi connectivity index (χ1v) is 5.41. The van der Waals surface area contributed by atoms with Crippen LogP contribution in [-0.2, 0) is 4.79 Å². The number of hydrogen-bond acceptors (Lipinski definition) is 4. The van der Waals surface area contributed by atoms with E-state index in [1.54, 1.807) is 0 Å². The minimum atomic E-state index is -1.09. The molecule has 0 radical (unpaired) electrons. The third-order valence-electron chi connectivity index (χ3n) is 2.10. The Morgan fingerprint density at radius 3 is 2.69 bits per heavy atom. The van der Waals surface area contributed by atoms with Gasteiger partial charge in [-0.1, -0.05) is 17.8 Å². The molecule has 0 atom stereocenters. The molecule has 2 amide bonds. The maximum absolute atomic E-state index is 11.4. The summed E-state index contributed by atoms with van der Waals surface area (Å²) in [5, 5.41) is 8.42. The molecule has 1 saturated heterocycles. The summed E-state index contributed by atoms with van der Waals surface area (Å²) in [4.78, 5) is 34.5. The molecule has 1 heterocycles. The van der Waals surface area contributed by atoms with Gasteiger partial charge in [-0.15, -0.1) is 0 Å². The van der Waals surface area contributed by atoms with Gasteiger partial charge in [0, 0.05) is 0 Å². The molecule has 0 bridgehead atoms. The first kappa shape index (κ1) is 10.7. The molecular formula is C10H7NO4S. The van der Waals surface area contributed by atoms with E-state index in [2.05, 4.69) is 0 Å². The smallest absolute Gasteiger partial charge is 0.335 e. The number of benzene rings is 1. The Kier molecular flexibility index (Phi) is 2.66. The summed E-state index contributed by atoms with van der Waals surface area (Å²) < 4.78 is 0. The fourth-order valence-electron chi connectivity index (χ4n) is 1.38. The van der Waals surface area contributed by atoms with Crippen molar-refractivity contribution in [2.24, 2.45) is 0 Å². The molecule has 1 N–H and O–H groups in total. The highest BCUT2D eigenvalue weighted by Gasteiger charge is 2.31. The Morgan fingerprint density at radius 1 is 1.38 bits per heavy atom. The number of nitrogens with zero attached hydrogens (tertiary/aromatic N) is 1. The Morgan fingerprint density at radius 2 is 2.12 bits per heavy atom. The van der Waals surface area contributed by atoms with Crippen LogP contribution in [-0.4, -0.2) is 28.0 Å². The normalized spacial score (nSPS) is 15.6. The van der Waals surface area contributed by atoms with Crippen LogP contribution >= 0.6 is 11.8 Å². The number of carbonyl (C=O) groups excluding carboxylic acids is 2. The molecule has 1 aromatic rings. The fraction of sp³-hybridized carbons (Fsp3) is 0.100. The molecule has 1 aliphatic heterocycles. The first-order valence-electron chi connectivity index (χ1n) is 4.42. The standard InChI is InChI=1S/C10H7NO4S/c12-8-5-16-10(15)11(8)7-3-1-2-6(4-7)9(13)14/h1-4H,5H2,(H,13,14). The third-order valence-corrected chi connectivity index (χ3v) is 2.92. The number of carboxylic acid groups (broad SMARTS) is 1. The summed E-state index contributed by atoms with van der Waals surface area (Å²) in [6, 6.07) is 5.75. The number of aromatic carboxylic acids is 1. The van der Waals surface area contributed by atoms with Crippen LogP contribution in [0.2, 0.25) is 0 Å². The molecule has 1 aliphatic rings. The predicted octanol–water partition coefficient (Wildman–Crippen LogP) is 1.58. The van der Waals surface area contributed by atoms with E-state index >= 15 is 0 Å². The number of thioether (sulfide) groups is 1. The number of carbonyl (C=O) groups is 3. The lowest BCUT2D eigenvalue weighted by atomic mass is 10.2. The number of hydrogen-bond donors (Lipinski definition) is 1. The van der Waals surface area contributed by atoms with Crippen LogP contribution in [0.4, 0.5) is 10.5 Å². The second-order valence-corrected chi connectivity index (χ2v) is 4.07. The molecule has 0 unspecified atom stereocenters. The SMILES string of the molecule is O=C(O)c1cccc(N2C(=O)CSC2=O)c1. The highest BCUT2D eigenvalue weighted by atomic mass is 32.2. The van der Waals surface area contributed by atoms with Crippen molar-refractivity contribution in [2.75, 3.05) is 10.7 Å². The van der Waals surface area contributed by atoms with Crippen LogP contribution in [0.3, 0.4) is 0 Å². The van der Waals surface area contributed by atoms with E-state index in [0.29, 0.717) is 5.69 Å². The minimum Gasteiger partial charge on any atom is -0.478 e. The van der Waals surface area contributed by atoms with Crippen LogP contribution < -0.4 is 4.90 Å². The van der Waals surface area contributed by atoms with Crippen LogP contribution in [0.15, 0.2) is 24.3 Å². The van der Waals surface area contributed by atoms with E-state index in [0.717, 1.165) is 16.7 Å². The molecule has 16 heavy (non-hydrogen) atoms. The number of carboxylic acids is 1. The Labute approximate surface area is 95.0 Å². The largest absolute Gasteiger partial charge is 0.478 e. The molecule has 5 nitrogen and oxygen atoms in total. The average Bonchev–Trinajstić information content (AvgIpc) is 2.59. The molecule has 0 aliphatic carbocycles. The fourth-order valence-corrected chi connectivity index (χ4v) is 2.09. The molecule has 0 spiro atoms. The zero-order valence-corrected chi connectivity index (χ0v) is 8.86. The van der Waals surface area contributed by atoms with Gasteiger partial charge >= 0.3 is 5.97 Å². The maximum atomic E-state index is 11.4. The third kappa shape index (κ3) is 1.79. The lowest BCUT2D eigenvalue weighted by Crippen LogP contribution is -2.28. The molecule has 0 saturated carbocycles. The van der Waals surface area contributed by atoms with Gasteiger partial charge in [-0.2, -0.15) is 0 Å². The van der Waals surface area contributed by atoms with Crippen molar-refractivity contribution in [3.8, 4) is 0 Å². The summed E-state index contributed by atoms with van der Waals surface area (Å²) >= 11 is 0.913. The zero-order valence-electron chi connectivity index (χ0n) is 8.04. The van der Waals surface area contributed by atoms with Crippen LogP contribution in [0.5, 0.6) is 0 Å². The molecule has 0 aromatic heterocycles. The Hall–Kier alpha value is -1.82. The summed E-state index contributed by atoms with van der Waals surface area (Å²) in [7, 11) is 0. The molecular weight excluding hydrogens is 230 g/mol. The second-order valence-electron chi connectivity index (χ2n) is 3.14. The van der Waals surface area contributed by atoms with Gasteiger partial charge in [0.1, 0.15) is 0 Å². The molecule has 82 valence electrons. The van der Waals surface area contributed by atoms with Gasteiger partial charge in [0.05, 0.1) is 17.0 Å². The van der Waals surface area contributed by atoms with E-state index in [9.17, 15) is 14.4 Å². The highest BCUT2D eigenvalue weighted by Crippen LogP contribution is 2.26. The number of rotatable bonds is 2. The summed E-state index contributed by atoms with van der Waals surface area (Å²) in [5.41, 5.74) is 0.356. The summed E-state index contributed by atoms with van der Waals surface area (Å²) in [6.07, 6.45) is 0. The number of imide groups is 1. The quantitative estimate of drug-likeness (QED) is 0.845. The zero-order chi connectivity index (χ0) is 11.7. The van der Waals surface area contributed by atoms with Crippen molar-refractivity contribution in [1.29, 1.82) is 0 Å². The second kappa shape index (κ2) is 3.97. The van der Waals surface area contributed by atoms with E-state index in [4.69, 9.17) is 5.11 Å². The average molecular weight is 237 g/mol. The van der Waals surface area contributed by atoms with E-state index in [1.165, 1.54) is 24.3 Å². The van der Waals surface area contributed by atoms with Crippen molar-refractivity contribution in [1.82, 2.24) is 0 Å². The van der Waals surface area contributed by atoms with E-state index < -0.39 is 5.97 Å². The molecule has 2 rings (SSSR count). The van der Waals surface area contributed by atoms with Gasteiger partial charge in [-0.25, -0.2) is 9.69 Å². The van der Waals surface area contributed by atoms with E-state index in [-0.39, 0.29) is 22.5 Å². The van der Waals surface area contributed by atoms with Gasteiger partial charge < -0.3 is 5.11 Å². The van der Waals surface area contributed by atoms with E-state index in [1.807, 2.05) is 0 Å². The van der Waals surface area contributed by atoms with Crippen molar-refractivity contribution in [3.05, 3.63) is 29.8 Å². The van der Waals surface area contributed by atoms with Gasteiger partial charge in [-0.05, 0) is 18.2 Å². The Bertz CT molecular complexity index is 469. The minimum absolute atomic E-state index is 0.0509. The van der Waals surface area contributed by atoms with Crippen LogP contribution in [0.25, 0.3) is 0 Å². The Balaban J connectivity index is 2.40. The van der Waals surface area contributed by atoms with Crippen molar-refractivity contribution >= 4 is 34.6 Å². The van der Waals surface area contributed by atoms with Crippen molar-refractivity contribution < 1.29 is 19.5 Å². The van der Waals surface area contributed by atoms with Gasteiger partial charge in [0.15, 0.2) is 0 Å². The van der Waals surface area contributed by atoms with Gasteiger partial charge in [0.25, 0.3) is 5.24 Å². The molecule has 6 heteroatoms. The predicted molar refractivity (Wildman–Crippen MR) is 58.7 cm³/mol. The van der Waals surface area contributed by atoms with Crippen LogP contribution in [0.1, 0.15) is 10.4 Å². The molecule has 1 fully saturated rings. The maximum Gasteiger partial charge on any atom is 0.335 e.